The van der Waals surface area contributed by atoms with Gasteiger partial charge in [0.1, 0.15) is 5.82 Å². The van der Waals surface area contributed by atoms with E-state index in [9.17, 15) is 17.6 Å². The van der Waals surface area contributed by atoms with E-state index in [-0.39, 0.29) is 34.4 Å². The first-order chi connectivity index (χ1) is 14.8. The highest BCUT2D eigenvalue weighted by Crippen LogP contribution is 2.32. The summed E-state index contributed by atoms with van der Waals surface area (Å²) in [6, 6.07) is 15.3. The molecule has 6 nitrogen and oxygen atoms in total. The van der Waals surface area contributed by atoms with Gasteiger partial charge in [0, 0.05) is 23.7 Å². The maximum atomic E-state index is 13.3. The summed E-state index contributed by atoms with van der Waals surface area (Å²) in [5, 5.41) is 9.09. The summed E-state index contributed by atoms with van der Waals surface area (Å²) in [6.45, 7) is 0.287. The number of hydroxylamine groups is 1. The second-order valence-corrected chi connectivity index (χ2v) is 9.51. The molecule has 1 amide bonds. The van der Waals surface area contributed by atoms with Crippen LogP contribution in [0.2, 0.25) is 5.02 Å². The molecule has 4 rings (SSSR count). The van der Waals surface area contributed by atoms with E-state index in [0.29, 0.717) is 23.1 Å². The molecule has 3 aromatic rings. The number of halogens is 2. The van der Waals surface area contributed by atoms with Gasteiger partial charge in [0.25, 0.3) is 5.91 Å². The van der Waals surface area contributed by atoms with Crippen LogP contribution in [0.25, 0.3) is 11.1 Å². The summed E-state index contributed by atoms with van der Waals surface area (Å²) in [7, 11) is -3.81. The van der Waals surface area contributed by atoms with Crippen LogP contribution in [0, 0.1) is 5.82 Å². The molecule has 31 heavy (non-hydrogen) atoms. The molecule has 0 fully saturated rings. The highest BCUT2D eigenvalue weighted by molar-refractivity contribution is 7.89. The van der Waals surface area contributed by atoms with Gasteiger partial charge in [-0.3, -0.25) is 10.0 Å². The Hall–Kier alpha value is -2.78. The molecule has 0 bridgehead atoms. The number of rotatable bonds is 4. The van der Waals surface area contributed by atoms with Crippen LogP contribution in [-0.2, 0) is 23.0 Å². The van der Waals surface area contributed by atoms with Gasteiger partial charge in [-0.2, -0.15) is 4.31 Å². The number of nitrogens with one attached hydrogen (secondary N) is 1. The number of nitrogens with zero attached hydrogens (tertiary/aromatic N) is 1. The third-order valence-electron chi connectivity index (χ3n) is 5.27. The number of sulfonamides is 1. The van der Waals surface area contributed by atoms with Crippen LogP contribution in [0.4, 0.5) is 4.39 Å². The van der Waals surface area contributed by atoms with E-state index in [2.05, 4.69) is 0 Å². The van der Waals surface area contributed by atoms with E-state index in [1.165, 1.54) is 28.6 Å². The fourth-order valence-corrected chi connectivity index (χ4v) is 5.38. The molecule has 0 aliphatic carbocycles. The van der Waals surface area contributed by atoms with Crippen molar-refractivity contribution >= 4 is 27.5 Å². The Bertz CT molecular complexity index is 1260. The van der Waals surface area contributed by atoms with Crippen molar-refractivity contribution in [3.63, 3.8) is 0 Å². The van der Waals surface area contributed by atoms with Gasteiger partial charge in [-0.05, 0) is 65.1 Å². The summed E-state index contributed by atoms with van der Waals surface area (Å²) in [6.07, 6.45) is 0.373. The molecule has 0 spiro atoms. The first-order valence-electron chi connectivity index (χ1n) is 9.41. The minimum atomic E-state index is -3.81. The molecule has 2 N–H and O–H groups in total. The highest BCUT2D eigenvalue weighted by atomic mass is 35.5. The lowest BCUT2D eigenvalue weighted by Gasteiger charge is -2.29. The Balaban J connectivity index is 1.65. The summed E-state index contributed by atoms with van der Waals surface area (Å²) in [5.74, 6) is -1.05. The maximum Gasteiger partial charge on any atom is 0.274 e. The van der Waals surface area contributed by atoms with Crippen molar-refractivity contribution in [2.75, 3.05) is 6.54 Å². The minimum Gasteiger partial charge on any atom is -0.288 e. The second-order valence-electron chi connectivity index (χ2n) is 7.16. The SMILES string of the molecule is O=C(NO)c1cc(Cl)c2c(c1)CCN(S(=O)(=O)c1cccc(-c3ccc(F)cc3)c1)C2. The van der Waals surface area contributed by atoms with Crippen LogP contribution >= 0.6 is 11.6 Å². The molecule has 0 unspecified atom stereocenters. The molecule has 0 atom stereocenters. The second kappa shape index (κ2) is 8.39. The predicted octanol–water partition coefficient (Wildman–Crippen LogP) is 4.01. The molecule has 0 aromatic heterocycles. The zero-order chi connectivity index (χ0) is 22.2. The molecule has 9 heteroatoms. The fraction of sp³-hybridized carbons (Fsp3) is 0.136. The van der Waals surface area contributed by atoms with E-state index in [1.807, 2.05) is 0 Å². The predicted molar refractivity (Wildman–Crippen MR) is 114 cm³/mol. The average molecular weight is 461 g/mol. The standard InChI is InChI=1S/C22H18ClFN2O4S/c23-21-12-17(22(27)25-28)10-16-8-9-26(13-20(16)21)31(29,30)19-3-1-2-15(11-19)14-4-6-18(24)7-5-14/h1-7,10-12,28H,8-9,13H2,(H,25,27). The molecule has 1 heterocycles. The van der Waals surface area contributed by atoms with Crippen molar-refractivity contribution in [2.24, 2.45) is 0 Å². The summed E-state index contributed by atoms with van der Waals surface area (Å²) < 4.78 is 41.1. The Morgan fingerprint density at radius 2 is 1.81 bits per heavy atom. The fourth-order valence-electron chi connectivity index (χ4n) is 3.62. The van der Waals surface area contributed by atoms with Crippen molar-refractivity contribution in [1.82, 2.24) is 9.79 Å². The van der Waals surface area contributed by atoms with E-state index in [1.54, 1.807) is 41.9 Å². The van der Waals surface area contributed by atoms with Gasteiger partial charge < -0.3 is 0 Å². The first kappa shape index (κ1) is 21.5. The lowest BCUT2D eigenvalue weighted by molar-refractivity contribution is 0.0706. The Morgan fingerprint density at radius 1 is 1.06 bits per heavy atom. The third-order valence-corrected chi connectivity index (χ3v) is 7.44. The zero-order valence-electron chi connectivity index (χ0n) is 16.2. The lowest BCUT2D eigenvalue weighted by atomic mass is 9.98. The van der Waals surface area contributed by atoms with Crippen LogP contribution in [0.15, 0.2) is 65.6 Å². The van der Waals surface area contributed by atoms with Gasteiger partial charge in [0.15, 0.2) is 0 Å². The number of hydrogen-bond donors (Lipinski definition) is 2. The van der Waals surface area contributed by atoms with E-state index in [4.69, 9.17) is 16.8 Å². The van der Waals surface area contributed by atoms with E-state index >= 15 is 0 Å². The molecule has 0 radical (unpaired) electrons. The smallest absolute Gasteiger partial charge is 0.274 e. The summed E-state index contributed by atoms with van der Waals surface area (Å²) >= 11 is 6.31. The van der Waals surface area contributed by atoms with Crippen LogP contribution in [0.3, 0.4) is 0 Å². The zero-order valence-corrected chi connectivity index (χ0v) is 17.8. The van der Waals surface area contributed by atoms with Gasteiger partial charge in [0.05, 0.1) is 4.90 Å². The van der Waals surface area contributed by atoms with Gasteiger partial charge in [-0.1, -0.05) is 35.9 Å². The molecular weight excluding hydrogens is 443 g/mol. The molecule has 0 saturated carbocycles. The highest BCUT2D eigenvalue weighted by Gasteiger charge is 2.30. The third kappa shape index (κ3) is 4.20. The van der Waals surface area contributed by atoms with Crippen LogP contribution in [0.1, 0.15) is 21.5 Å². The molecule has 1 aliphatic rings. The Labute approximate surface area is 183 Å². The van der Waals surface area contributed by atoms with Crippen molar-refractivity contribution < 1.29 is 22.8 Å². The molecule has 1 aliphatic heterocycles. The molecule has 0 saturated heterocycles. The normalized spacial score (nSPS) is 14.2. The van der Waals surface area contributed by atoms with Crippen molar-refractivity contribution in [1.29, 1.82) is 0 Å². The number of carbonyl (C=O) groups excluding carboxylic acids is 1. The van der Waals surface area contributed by atoms with E-state index in [0.717, 1.165) is 5.56 Å². The molecular formula is C22H18ClFN2O4S. The topological polar surface area (TPSA) is 86.7 Å². The molecule has 3 aromatic carbocycles. The van der Waals surface area contributed by atoms with Crippen LogP contribution in [-0.4, -0.2) is 30.4 Å². The number of benzene rings is 3. The van der Waals surface area contributed by atoms with Gasteiger partial charge in [-0.25, -0.2) is 18.3 Å². The summed E-state index contributed by atoms with van der Waals surface area (Å²) in [4.78, 5) is 11.8. The van der Waals surface area contributed by atoms with E-state index < -0.39 is 15.9 Å². The number of fused-ring (bicyclic) bond motifs is 1. The first-order valence-corrected chi connectivity index (χ1v) is 11.2. The van der Waals surface area contributed by atoms with Gasteiger partial charge >= 0.3 is 0 Å². The van der Waals surface area contributed by atoms with Crippen molar-refractivity contribution in [2.45, 2.75) is 17.9 Å². The van der Waals surface area contributed by atoms with Gasteiger partial charge in [0.2, 0.25) is 10.0 Å². The van der Waals surface area contributed by atoms with Crippen LogP contribution in [0.5, 0.6) is 0 Å². The number of amides is 1. The molecule has 160 valence electrons. The number of carbonyl (C=O) groups is 1. The van der Waals surface area contributed by atoms with Crippen LogP contribution < -0.4 is 5.48 Å². The largest absolute Gasteiger partial charge is 0.288 e. The lowest BCUT2D eigenvalue weighted by Crippen LogP contribution is -2.36. The monoisotopic (exact) mass is 460 g/mol. The maximum absolute atomic E-state index is 13.3. The van der Waals surface area contributed by atoms with Gasteiger partial charge in [-0.15, -0.1) is 0 Å². The van der Waals surface area contributed by atoms with Crippen molar-refractivity contribution in [3.05, 3.63) is 88.2 Å². The Morgan fingerprint density at radius 3 is 2.52 bits per heavy atom. The quantitative estimate of drug-likeness (QED) is 0.455. The average Bonchev–Trinajstić information content (AvgIpc) is 2.78. The summed E-state index contributed by atoms with van der Waals surface area (Å²) in [5.41, 5.74) is 4.53. The number of hydrogen-bond acceptors (Lipinski definition) is 4. The minimum absolute atomic E-state index is 0.0678. The Kier molecular flexibility index (Phi) is 5.81. The van der Waals surface area contributed by atoms with Crippen molar-refractivity contribution in [3.8, 4) is 11.1 Å².